The number of thiophene rings is 1. The van der Waals surface area contributed by atoms with Crippen LogP contribution in [0.25, 0.3) is 0 Å². The number of nitrogens with zero attached hydrogens (tertiary/aromatic N) is 3. The van der Waals surface area contributed by atoms with Crippen LogP contribution in [0.1, 0.15) is 31.4 Å². The van der Waals surface area contributed by atoms with Gasteiger partial charge in [0.1, 0.15) is 5.75 Å². The topological polar surface area (TPSA) is 52.1 Å². The van der Waals surface area contributed by atoms with Gasteiger partial charge in [0.25, 0.3) is 0 Å². The Morgan fingerprint density at radius 1 is 1.23 bits per heavy atom. The number of methoxy groups -OCH3 is 1. The number of nitrogens with one attached hydrogen (secondary N) is 2. The molecule has 1 fully saturated rings. The summed E-state index contributed by atoms with van der Waals surface area (Å²) in [4.78, 5) is 9.63. The molecule has 2 N–H and O–H groups in total. The molecular formula is C23H36IN5OS. The molecule has 1 aliphatic heterocycles. The molecule has 1 unspecified atom stereocenters. The number of likely N-dealkylation sites (N-methyl/N-ethyl adjacent to an activating group) is 1. The fraction of sp³-hybridized carbons (Fsp3) is 0.522. The van der Waals surface area contributed by atoms with Gasteiger partial charge in [-0.3, -0.25) is 4.99 Å². The molecule has 3 rings (SSSR count). The summed E-state index contributed by atoms with van der Waals surface area (Å²) in [5.74, 6) is 1.79. The normalized spacial score (nSPS) is 16.0. The monoisotopic (exact) mass is 557 g/mol. The lowest BCUT2D eigenvalue weighted by Gasteiger charge is -2.33. The number of piperidine rings is 1. The average molecular weight is 558 g/mol. The molecule has 2 heterocycles. The van der Waals surface area contributed by atoms with Crippen LogP contribution >= 0.6 is 35.3 Å². The van der Waals surface area contributed by atoms with Crippen molar-refractivity contribution in [3.05, 3.63) is 47.3 Å². The summed E-state index contributed by atoms with van der Waals surface area (Å²) in [6.45, 7) is 5.84. The first-order chi connectivity index (χ1) is 14.6. The van der Waals surface area contributed by atoms with Crippen molar-refractivity contribution < 1.29 is 4.74 Å². The van der Waals surface area contributed by atoms with Gasteiger partial charge in [-0.1, -0.05) is 12.1 Å². The van der Waals surface area contributed by atoms with Crippen molar-refractivity contribution >= 4 is 46.3 Å². The largest absolute Gasteiger partial charge is 0.497 e. The predicted octanol–water partition coefficient (Wildman–Crippen LogP) is 4.20. The fourth-order valence-electron chi connectivity index (χ4n) is 3.78. The number of halogens is 1. The Morgan fingerprint density at radius 3 is 2.48 bits per heavy atom. The third kappa shape index (κ3) is 7.54. The maximum atomic E-state index is 5.29. The van der Waals surface area contributed by atoms with E-state index >= 15 is 0 Å². The Balaban J connectivity index is 0.00000341. The Bertz CT molecular complexity index is 774. The first-order valence-electron chi connectivity index (χ1n) is 10.7. The molecule has 0 spiro atoms. The van der Waals surface area contributed by atoms with E-state index in [1.807, 2.05) is 23.5 Å². The summed E-state index contributed by atoms with van der Waals surface area (Å²) in [5.41, 5.74) is 1.24. The lowest BCUT2D eigenvalue weighted by molar-refractivity contribution is 0.305. The van der Waals surface area contributed by atoms with Crippen molar-refractivity contribution in [1.29, 1.82) is 0 Å². The summed E-state index contributed by atoms with van der Waals surface area (Å²) in [5, 5.41) is 10.6. The quantitative estimate of drug-likeness (QED) is 0.290. The molecule has 0 aliphatic carbocycles. The van der Waals surface area contributed by atoms with Crippen LogP contribution in [0.5, 0.6) is 5.75 Å². The molecule has 0 saturated carbocycles. The Morgan fingerprint density at radius 2 is 1.94 bits per heavy atom. The highest BCUT2D eigenvalue weighted by atomic mass is 127. The second-order valence-corrected chi connectivity index (χ2v) is 8.76. The van der Waals surface area contributed by atoms with Crippen molar-refractivity contribution in [3.8, 4) is 5.75 Å². The summed E-state index contributed by atoms with van der Waals surface area (Å²) < 4.78 is 5.29. The zero-order chi connectivity index (χ0) is 21.3. The van der Waals surface area contributed by atoms with E-state index in [9.17, 15) is 0 Å². The van der Waals surface area contributed by atoms with Crippen LogP contribution in [0, 0.1) is 0 Å². The molecule has 0 bridgehead atoms. The smallest absolute Gasteiger partial charge is 0.191 e. The number of anilines is 1. The molecule has 2 aromatic rings. The van der Waals surface area contributed by atoms with Gasteiger partial charge >= 0.3 is 0 Å². The minimum absolute atomic E-state index is 0. The van der Waals surface area contributed by atoms with Crippen molar-refractivity contribution in [1.82, 2.24) is 15.5 Å². The summed E-state index contributed by atoms with van der Waals surface area (Å²) in [7, 11) is 5.90. The number of hydrogen-bond acceptors (Lipinski definition) is 5. The summed E-state index contributed by atoms with van der Waals surface area (Å²) >= 11 is 1.82. The molecule has 31 heavy (non-hydrogen) atoms. The molecule has 172 valence electrons. The van der Waals surface area contributed by atoms with Gasteiger partial charge in [-0.25, -0.2) is 0 Å². The highest BCUT2D eigenvalue weighted by Gasteiger charge is 2.21. The Labute approximate surface area is 208 Å². The molecule has 6 nitrogen and oxygen atoms in total. The van der Waals surface area contributed by atoms with Gasteiger partial charge in [-0.2, -0.15) is 0 Å². The van der Waals surface area contributed by atoms with E-state index in [2.05, 4.69) is 71.1 Å². The third-order valence-corrected chi connectivity index (χ3v) is 6.47. The number of ether oxygens (including phenoxy) is 1. The number of guanidine groups is 1. The zero-order valence-corrected chi connectivity index (χ0v) is 22.2. The van der Waals surface area contributed by atoms with Gasteiger partial charge in [0.05, 0.1) is 24.7 Å². The van der Waals surface area contributed by atoms with Gasteiger partial charge in [0, 0.05) is 25.7 Å². The molecule has 0 amide bonds. The van der Waals surface area contributed by atoms with Crippen LogP contribution in [-0.4, -0.2) is 64.3 Å². The van der Waals surface area contributed by atoms with E-state index in [1.165, 1.54) is 10.6 Å². The number of benzene rings is 1. The summed E-state index contributed by atoms with van der Waals surface area (Å²) in [6.07, 6.45) is 2.25. The van der Waals surface area contributed by atoms with Crippen molar-refractivity contribution in [2.24, 2.45) is 4.99 Å². The van der Waals surface area contributed by atoms with Crippen LogP contribution < -0.4 is 20.3 Å². The van der Waals surface area contributed by atoms with Crippen LogP contribution in [0.15, 0.2) is 46.8 Å². The SMILES string of the molecule is CCNC(=NCC(c1ccc(OC)cc1)N(C)C)NC1CCN(c2cccs2)CC1.I. The Kier molecular flexibility index (Phi) is 10.9. The van der Waals surface area contributed by atoms with E-state index in [1.54, 1.807) is 7.11 Å². The maximum Gasteiger partial charge on any atom is 0.191 e. The Hall–Kier alpha value is -1.52. The lowest BCUT2D eigenvalue weighted by Crippen LogP contribution is -2.48. The standard InChI is InChI=1S/C23H35N5OS.HI/c1-5-24-23(26-19-12-14-28(15-13-19)22-7-6-16-30-22)25-17-21(27(2)3)18-8-10-20(29-4)11-9-18;/h6-11,16,19,21H,5,12-15,17H2,1-4H3,(H2,24,25,26);1H. The summed E-state index contributed by atoms with van der Waals surface area (Å²) in [6, 6.07) is 13.3. The van der Waals surface area contributed by atoms with E-state index < -0.39 is 0 Å². The van der Waals surface area contributed by atoms with Crippen molar-refractivity contribution in [3.63, 3.8) is 0 Å². The fourth-order valence-corrected chi connectivity index (χ4v) is 4.56. The first-order valence-corrected chi connectivity index (χ1v) is 11.6. The molecule has 1 saturated heterocycles. The van der Waals surface area contributed by atoms with Crippen LogP contribution in [-0.2, 0) is 0 Å². The second-order valence-electron chi connectivity index (χ2n) is 7.83. The van der Waals surface area contributed by atoms with Gasteiger partial charge < -0.3 is 25.2 Å². The van der Waals surface area contributed by atoms with Crippen LogP contribution in [0.4, 0.5) is 5.00 Å². The first kappa shape index (κ1) is 25.7. The van der Waals surface area contributed by atoms with E-state index in [0.717, 1.165) is 44.2 Å². The lowest BCUT2D eigenvalue weighted by atomic mass is 10.1. The van der Waals surface area contributed by atoms with Crippen molar-refractivity contribution in [2.75, 3.05) is 52.3 Å². The van der Waals surface area contributed by atoms with Crippen molar-refractivity contribution in [2.45, 2.75) is 31.8 Å². The molecule has 8 heteroatoms. The predicted molar refractivity (Wildman–Crippen MR) is 144 cm³/mol. The van der Waals surface area contributed by atoms with Crippen LogP contribution in [0.3, 0.4) is 0 Å². The molecule has 1 atom stereocenters. The number of aliphatic imine (C=N–C) groups is 1. The maximum absolute atomic E-state index is 5.29. The molecule has 1 aromatic carbocycles. The average Bonchev–Trinajstić information content (AvgIpc) is 3.29. The van der Waals surface area contributed by atoms with Gasteiger partial charge in [-0.05, 0) is 69.1 Å². The van der Waals surface area contributed by atoms with Gasteiger partial charge in [0.15, 0.2) is 5.96 Å². The number of hydrogen-bond donors (Lipinski definition) is 2. The number of rotatable bonds is 8. The van der Waals surface area contributed by atoms with E-state index in [0.29, 0.717) is 12.6 Å². The van der Waals surface area contributed by atoms with E-state index in [-0.39, 0.29) is 30.0 Å². The molecule has 0 radical (unpaired) electrons. The highest BCUT2D eigenvalue weighted by Crippen LogP contribution is 2.25. The van der Waals surface area contributed by atoms with Gasteiger partial charge in [0.2, 0.25) is 0 Å². The molecule has 1 aliphatic rings. The second kappa shape index (κ2) is 13.1. The highest BCUT2D eigenvalue weighted by molar-refractivity contribution is 14.0. The van der Waals surface area contributed by atoms with Crippen LogP contribution in [0.2, 0.25) is 0 Å². The molecular weight excluding hydrogens is 521 g/mol. The third-order valence-electron chi connectivity index (χ3n) is 5.54. The minimum Gasteiger partial charge on any atom is -0.497 e. The van der Waals surface area contributed by atoms with E-state index in [4.69, 9.17) is 9.73 Å². The van der Waals surface area contributed by atoms with Gasteiger partial charge in [-0.15, -0.1) is 35.3 Å². The zero-order valence-electron chi connectivity index (χ0n) is 19.0. The molecule has 1 aromatic heterocycles. The minimum atomic E-state index is 0.